The Hall–Kier alpha value is -0.940. The van der Waals surface area contributed by atoms with Crippen LogP contribution in [0.4, 0.5) is 0 Å². The van der Waals surface area contributed by atoms with Gasteiger partial charge in [-0.3, -0.25) is 9.89 Å². The van der Waals surface area contributed by atoms with Gasteiger partial charge in [0, 0.05) is 58.8 Å². The number of ether oxygens (including phenoxy) is 1. The van der Waals surface area contributed by atoms with Crippen LogP contribution in [0.25, 0.3) is 0 Å². The van der Waals surface area contributed by atoms with Gasteiger partial charge in [0.1, 0.15) is 12.2 Å². The van der Waals surface area contributed by atoms with Crippen LogP contribution in [0.5, 0.6) is 0 Å². The Kier molecular flexibility index (Phi) is 10.4. The van der Waals surface area contributed by atoms with Gasteiger partial charge < -0.3 is 19.5 Å². The highest BCUT2D eigenvalue weighted by Gasteiger charge is 2.16. The molecule has 2 fully saturated rings. The minimum Gasteiger partial charge on any atom is -0.379 e. The molecule has 2 aliphatic heterocycles. The summed E-state index contributed by atoms with van der Waals surface area (Å²) in [6.07, 6.45) is 6.36. The summed E-state index contributed by atoms with van der Waals surface area (Å²) in [5.41, 5.74) is 0. The van der Waals surface area contributed by atoms with Crippen LogP contribution in [0.1, 0.15) is 32.0 Å². The molecule has 0 amide bonds. The topological polar surface area (TPSA) is 70.8 Å². The quantitative estimate of drug-likeness (QED) is 0.255. The molecule has 2 aliphatic rings. The van der Waals surface area contributed by atoms with Crippen molar-refractivity contribution in [3.8, 4) is 0 Å². The normalized spacial score (nSPS) is 18.6. The number of nitrogens with zero attached hydrogens (tertiary/aromatic N) is 6. The van der Waals surface area contributed by atoms with Gasteiger partial charge in [-0.2, -0.15) is 0 Å². The highest BCUT2D eigenvalue weighted by Crippen LogP contribution is 2.08. The molecule has 8 nitrogen and oxygen atoms in total. The summed E-state index contributed by atoms with van der Waals surface area (Å²) in [4.78, 5) is 9.75. The van der Waals surface area contributed by atoms with Gasteiger partial charge in [-0.25, -0.2) is 0 Å². The lowest BCUT2D eigenvalue weighted by molar-refractivity contribution is 0.0377. The molecule has 0 unspecified atom stereocenters. The van der Waals surface area contributed by atoms with E-state index in [4.69, 9.17) is 9.73 Å². The second kappa shape index (κ2) is 12.5. The minimum atomic E-state index is 0. The first-order valence-electron chi connectivity index (χ1n) is 10.1. The van der Waals surface area contributed by atoms with Gasteiger partial charge in [-0.15, -0.1) is 34.2 Å². The van der Waals surface area contributed by atoms with Crippen molar-refractivity contribution >= 4 is 29.9 Å². The van der Waals surface area contributed by atoms with Gasteiger partial charge in [0.25, 0.3) is 0 Å². The lowest BCUT2D eigenvalue weighted by atomic mass is 10.3. The van der Waals surface area contributed by atoms with E-state index in [1.54, 1.807) is 0 Å². The lowest BCUT2D eigenvalue weighted by Gasteiger charge is -2.26. The van der Waals surface area contributed by atoms with Gasteiger partial charge in [0.05, 0.1) is 13.2 Å². The number of aryl methyl sites for hydroxylation is 1. The average molecular weight is 491 g/mol. The fourth-order valence-electron chi connectivity index (χ4n) is 3.53. The van der Waals surface area contributed by atoms with Crippen molar-refractivity contribution in [3.63, 3.8) is 0 Å². The van der Waals surface area contributed by atoms with Gasteiger partial charge in [-0.1, -0.05) is 6.92 Å². The summed E-state index contributed by atoms with van der Waals surface area (Å²) in [6.45, 7) is 11.9. The molecule has 0 spiro atoms. The smallest absolute Gasteiger partial charge is 0.193 e. The van der Waals surface area contributed by atoms with Gasteiger partial charge in [0.2, 0.25) is 0 Å². The molecule has 9 heteroatoms. The van der Waals surface area contributed by atoms with Crippen LogP contribution in [-0.2, 0) is 17.7 Å². The van der Waals surface area contributed by atoms with Crippen LogP contribution in [-0.4, -0.2) is 89.6 Å². The molecule has 2 saturated heterocycles. The number of morpholine rings is 1. The van der Waals surface area contributed by atoms with Crippen molar-refractivity contribution < 1.29 is 4.74 Å². The molecule has 1 aromatic rings. The van der Waals surface area contributed by atoms with E-state index < -0.39 is 0 Å². The van der Waals surface area contributed by atoms with E-state index in [9.17, 15) is 0 Å². The largest absolute Gasteiger partial charge is 0.379 e. The Morgan fingerprint density at radius 2 is 1.96 bits per heavy atom. The predicted octanol–water partition coefficient (Wildman–Crippen LogP) is 1.22. The molecule has 0 aliphatic carbocycles. The molecule has 0 radical (unpaired) electrons. The number of hydrogen-bond donors (Lipinski definition) is 1. The zero-order valence-corrected chi connectivity index (χ0v) is 18.8. The van der Waals surface area contributed by atoms with E-state index in [0.29, 0.717) is 0 Å². The average Bonchev–Trinajstić information content (AvgIpc) is 3.36. The van der Waals surface area contributed by atoms with Crippen LogP contribution in [0.15, 0.2) is 11.3 Å². The maximum absolute atomic E-state index is 5.41. The monoisotopic (exact) mass is 491 g/mol. The Morgan fingerprint density at radius 1 is 1.19 bits per heavy atom. The van der Waals surface area contributed by atoms with Gasteiger partial charge in [0.15, 0.2) is 5.96 Å². The van der Waals surface area contributed by atoms with E-state index in [0.717, 1.165) is 90.2 Å². The van der Waals surface area contributed by atoms with Crippen molar-refractivity contribution in [3.05, 3.63) is 12.2 Å². The second-order valence-electron chi connectivity index (χ2n) is 6.93. The Morgan fingerprint density at radius 3 is 2.70 bits per heavy atom. The van der Waals surface area contributed by atoms with E-state index in [1.807, 2.05) is 6.33 Å². The number of likely N-dealkylation sites (tertiary alicyclic amines) is 1. The van der Waals surface area contributed by atoms with E-state index >= 15 is 0 Å². The molecule has 0 saturated carbocycles. The Labute approximate surface area is 179 Å². The van der Waals surface area contributed by atoms with Crippen molar-refractivity contribution in [2.45, 2.75) is 39.2 Å². The van der Waals surface area contributed by atoms with E-state index in [1.165, 1.54) is 12.8 Å². The molecule has 1 N–H and O–H groups in total. The molecule has 3 rings (SSSR count). The number of hydrogen-bond acceptors (Lipinski definition) is 5. The van der Waals surface area contributed by atoms with Crippen LogP contribution >= 0.6 is 24.0 Å². The van der Waals surface area contributed by atoms with Crippen LogP contribution < -0.4 is 5.32 Å². The van der Waals surface area contributed by atoms with Gasteiger partial charge >= 0.3 is 0 Å². The maximum atomic E-state index is 5.41. The van der Waals surface area contributed by atoms with Crippen molar-refractivity contribution in [1.82, 2.24) is 29.9 Å². The number of aliphatic imine (C=N–C) groups is 1. The first kappa shape index (κ1) is 22.4. The highest BCUT2D eigenvalue weighted by atomic mass is 127. The van der Waals surface area contributed by atoms with Crippen molar-refractivity contribution in [1.29, 1.82) is 0 Å². The number of aromatic nitrogens is 3. The molecular weight excluding hydrogens is 457 g/mol. The predicted molar refractivity (Wildman–Crippen MR) is 118 cm³/mol. The molecular formula is C18H34IN7O. The third kappa shape index (κ3) is 7.19. The lowest BCUT2D eigenvalue weighted by Crippen LogP contribution is -2.41. The standard InChI is InChI=1S/C18H33N7O.HI/c1-2-17-22-21-16-25(17)11-7-20-18(24-9-3-4-10-24)19-6-5-8-23-12-14-26-15-13-23;/h16H,2-15H2,1H3,(H,19,20);1H. The zero-order chi connectivity index (χ0) is 18.0. The van der Waals surface area contributed by atoms with Crippen LogP contribution in [0.2, 0.25) is 0 Å². The maximum Gasteiger partial charge on any atom is 0.193 e. The Bertz CT molecular complexity index is 554. The van der Waals surface area contributed by atoms with E-state index in [-0.39, 0.29) is 24.0 Å². The third-order valence-electron chi connectivity index (χ3n) is 5.05. The first-order valence-corrected chi connectivity index (χ1v) is 10.1. The summed E-state index contributed by atoms with van der Waals surface area (Å²) in [5, 5.41) is 11.7. The number of guanidine groups is 1. The summed E-state index contributed by atoms with van der Waals surface area (Å²) in [6, 6.07) is 0. The van der Waals surface area contributed by atoms with Crippen LogP contribution in [0, 0.1) is 0 Å². The fourth-order valence-corrected chi connectivity index (χ4v) is 3.53. The first-order chi connectivity index (χ1) is 12.9. The van der Waals surface area contributed by atoms with E-state index in [2.05, 4.69) is 36.8 Å². The van der Waals surface area contributed by atoms with Gasteiger partial charge in [-0.05, 0) is 19.3 Å². The number of nitrogens with one attached hydrogen (secondary N) is 1. The Balaban J connectivity index is 0.00000261. The van der Waals surface area contributed by atoms with Crippen molar-refractivity contribution in [2.24, 2.45) is 4.99 Å². The highest BCUT2D eigenvalue weighted by molar-refractivity contribution is 14.0. The summed E-state index contributed by atoms with van der Waals surface area (Å²) < 4.78 is 7.52. The molecule has 0 atom stereocenters. The minimum absolute atomic E-state index is 0. The van der Waals surface area contributed by atoms with Crippen LogP contribution in [0.3, 0.4) is 0 Å². The molecule has 3 heterocycles. The number of halogens is 1. The fraction of sp³-hybridized carbons (Fsp3) is 0.833. The molecule has 1 aromatic heterocycles. The summed E-state index contributed by atoms with van der Waals surface area (Å²) in [5.74, 6) is 2.10. The molecule has 0 bridgehead atoms. The zero-order valence-electron chi connectivity index (χ0n) is 16.5. The number of rotatable bonds is 8. The molecule has 27 heavy (non-hydrogen) atoms. The molecule has 154 valence electrons. The SMILES string of the molecule is CCc1nncn1CCNC(=NCCCN1CCOCC1)N1CCCC1.I. The third-order valence-corrected chi connectivity index (χ3v) is 5.05. The second-order valence-corrected chi connectivity index (χ2v) is 6.93. The summed E-state index contributed by atoms with van der Waals surface area (Å²) >= 11 is 0. The van der Waals surface area contributed by atoms with Crippen molar-refractivity contribution in [2.75, 3.05) is 59.0 Å². The summed E-state index contributed by atoms with van der Waals surface area (Å²) in [7, 11) is 0. The molecule has 0 aromatic carbocycles.